The van der Waals surface area contributed by atoms with E-state index in [9.17, 15) is 0 Å². The van der Waals surface area contributed by atoms with E-state index >= 15 is 0 Å². The molecule has 1 fully saturated rings. The average molecular weight is 366 g/mol. The highest BCUT2D eigenvalue weighted by molar-refractivity contribution is 9.10. The Balaban J connectivity index is 1.69. The van der Waals surface area contributed by atoms with Crippen LogP contribution in [0.5, 0.6) is 0 Å². The summed E-state index contributed by atoms with van der Waals surface area (Å²) in [6, 6.07) is 8.32. The molecule has 0 N–H and O–H groups in total. The fourth-order valence-electron chi connectivity index (χ4n) is 2.83. The third-order valence-electron chi connectivity index (χ3n) is 4.23. The third kappa shape index (κ3) is 3.46. The molecule has 1 saturated heterocycles. The lowest BCUT2D eigenvalue weighted by atomic mass is 10.00. The number of rotatable bonds is 1. The largest absolute Gasteiger partial charge is 0.348 e. The van der Waals surface area contributed by atoms with Gasteiger partial charge >= 0.3 is 0 Å². The fourth-order valence-corrected chi connectivity index (χ4v) is 3.54. The molecule has 2 aliphatic heterocycles. The second kappa shape index (κ2) is 6.44. The zero-order valence-electron chi connectivity index (χ0n) is 12.3. The molecule has 0 bridgehead atoms. The number of likely N-dealkylation sites (tertiary alicyclic amines) is 1. The zero-order chi connectivity index (χ0) is 14.8. The van der Waals surface area contributed by atoms with Crippen molar-refractivity contribution in [2.45, 2.75) is 26.2 Å². The Labute approximate surface area is 140 Å². The van der Waals surface area contributed by atoms with Gasteiger partial charge in [-0.25, -0.2) is 5.01 Å². The maximum Gasteiger partial charge on any atom is 0.192 e. The molecule has 2 heterocycles. The van der Waals surface area contributed by atoms with Crippen LogP contribution in [0.15, 0.2) is 33.8 Å². The van der Waals surface area contributed by atoms with Gasteiger partial charge in [-0.15, -0.1) is 0 Å². The number of halogens is 1. The highest BCUT2D eigenvalue weighted by Gasteiger charge is 2.25. The molecule has 0 atom stereocenters. The minimum Gasteiger partial charge on any atom is -0.348 e. The Hall–Kier alpha value is -0.940. The van der Waals surface area contributed by atoms with Crippen molar-refractivity contribution in [1.29, 1.82) is 0 Å². The molecule has 1 aromatic carbocycles. The molecule has 0 radical (unpaired) electrons. The van der Waals surface area contributed by atoms with Crippen molar-refractivity contribution in [3.05, 3.63) is 34.3 Å². The van der Waals surface area contributed by atoms with E-state index in [0.29, 0.717) is 0 Å². The Morgan fingerprint density at radius 1 is 1.29 bits per heavy atom. The average Bonchev–Trinajstić information content (AvgIpc) is 2.97. The number of piperidine rings is 1. The highest BCUT2D eigenvalue weighted by Crippen LogP contribution is 2.21. The topological polar surface area (TPSA) is 18.8 Å². The van der Waals surface area contributed by atoms with Crippen LogP contribution < -0.4 is 0 Å². The molecule has 112 valence electrons. The Bertz CT molecular complexity index is 564. The van der Waals surface area contributed by atoms with E-state index < -0.39 is 0 Å². The van der Waals surface area contributed by atoms with Gasteiger partial charge in [0.25, 0.3) is 0 Å². The van der Waals surface area contributed by atoms with Crippen molar-refractivity contribution >= 4 is 39.0 Å². The standard InChI is InChI=1S/C16H20BrN3S/c1-12-5-8-19(9-6-12)16(21)20-10-7-15(18-20)13-3-2-4-14(17)11-13/h2-4,11-12H,5-10H2,1H3. The molecule has 0 spiro atoms. The third-order valence-corrected chi connectivity index (χ3v) is 5.20. The molecule has 3 nitrogen and oxygen atoms in total. The van der Waals surface area contributed by atoms with Crippen molar-refractivity contribution in [2.75, 3.05) is 19.6 Å². The first-order valence-electron chi connectivity index (χ1n) is 7.53. The number of hydrogen-bond donors (Lipinski definition) is 0. The van der Waals surface area contributed by atoms with Crippen molar-refractivity contribution in [3.8, 4) is 0 Å². The second-order valence-corrected chi connectivity index (χ2v) is 7.16. The quantitative estimate of drug-likeness (QED) is 0.703. The number of thiocarbonyl (C=S) groups is 1. The lowest BCUT2D eigenvalue weighted by Crippen LogP contribution is -2.43. The summed E-state index contributed by atoms with van der Waals surface area (Å²) in [5.74, 6) is 0.823. The van der Waals surface area contributed by atoms with Crippen LogP contribution in [0.1, 0.15) is 31.7 Å². The molecule has 21 heavy (non-hydrogen) atoms. The molecule has 0 saturated carbocycles. The SMILES string of the molecule is CC1CCN(C(=S)N2CCC(c3cccc(Br)c3)=N2)CC1. The van der Waals surface area contributed by atoms with Crippen LogP contribution in [-0.4, -0.2) is 40.4 Å². The summed E-state index contributed by atoms with van der Waals surface area (Å²) < 4.78 is 1.09. The zero-order valence-corrected chi connectivity index (χ0v) is 14.7. The normalized spacial score (nSPS) is 19.8. The molecule has 3 rings (SSSR count). The number of hydrazone groups is 1. The highest BCUT2D eigenvalue weighted by atomic mass is 79.9. The molecular formula is C16H20BrN3S. The lowest BCUT2D eigenvalue weighted by molar-refractivity contribution is 0.256. The van der Waals surface area contributed by atoms with Crippen molar-refractivity contribution in [1.82, 2.24) is 9.91 Å². The molecule has 0 aromatic heterocycles. The van der Waals surface area contributed by atoms with Gasteiger partial charge < -0.3 is 4.90 Å². The van der Waals surface area contributed by atoms with Gasteiger partial charge in [0.1, 0.15) is 0 Å². The molecule has 0 aliphatic carbocycles. The first kappa shape index (κ1) is 15.0. The van der Waals surface area contributed by atoms with E-state index in [-0.39, 0.29) is 0 Å². The first-order valence-corrected chi connectivity index (χ1v) is 8.73. The Morgan fingerprint density at radius 2 is 2.05 bits per heavy atom. The summed E-state index contributed by atoms with van der Waals surface area (Å²) in [7, 11) is 0. The molecule has 0 unspecified atom stereocenters. The van der Waals surface area contributed by atoms with E-state index in [1.165, 1.54) is 18.4 Å². The van der Waals surface area contributed by atoms with Crippen LogP contribution in [0.4, 0.5) is 0 Å². The lowest BCUT2D eigenvalue weighted by Gasteiger charge is -2.34. The second-order valence-electron chi connectivity index (χ2n) is 5.88. The molecule has 2 aliphatic rings. The van der Waals surface area contributed by atoms with Gasteiger partial charge in [-0.2, -0.15) is 5.10 Å². The summed E-state index contributed by atoms with van der Waals surface area (Å²) >= 11 is 9.16. The number of benzene rings is 1. The van der Waals surface area contributed by atoms with E-state index in [2.05, 4.69) is 46.0 Å². The molecule has 5 heteroatoms. The number of hydrogen-bond acceptors (Lipinski definition) is 2. The minimum atomic E-state index is 0.823. The van der Waals surface area contributed by atoms with E-state index in [1.54, 1.807) is 0 Å². The monoisotopic (exact) mass is 365 g/mol. The summed E-state index contributed by atoms with van der Waals surface area (Å²) in [4.78, 5) is 2.31. The van der Waals surface area contributed by atoms with Gasteiger partial charge in [-0.3, -0.25) is 0 Å². The van der Waals surface area contributed by atoms with Crippen LogP contribution >= 0.6 is 28.1 Å². The summed E-state index contributed by atoms with van der Waals surface area (Å²) in [5, 5.41) is 7.64. The van der Waals surface area contributed by atoms with Crippen LogP contribution in [0.2, 0.25) is 0 Å². The molecular weight excluding hydrogens is 346 g/mol. The van der Waals surface area contributed by atoms with Crippen LogP contribution in [0.3, 0.4) is 0 Å². The number of nitrogens with zero attached hydrogens (tertiary/aromatic N) is 3. The Kier molecular flexibility index (Phi) is 4.60. The maximum atomic E-state index is 5.64. The predicted octanol–water partition coefficient (Wildman–Crippen LogP) is 3.88. The van der Waals surface area contributed by atoms with Crippen LogP contribution in [0.25, 0.3) is 0 Å². The van der Waals surface area contributed by atoms with Crippen molar-refractivity contribution in [2.24, 2.45) is 11.0 Å². The van der Waals surface area contributed by atoms with Gasteiger partial charge in [-0.05, 0) is 48.7 Å². The van der Waals surface area contributed by atoms with Crippen LogP contribution in [0, 0.1) is 5.92 Å². The minimum absolute atomic E-state index is 0.823. The predicted molar refractivity (Wildman–Crippen MR) is 94.6 cm³/mol. The van der Waals surface area contributed by atoms with Gasteiger partial charge in [-0.1, -0.05) is 35.0 Å². The van der Waals surface area contributed by atoms with Gasteiger partial charge in [0.2, 0.25) is 0 Å². The Morgan fingerprint density at radius 3 is 2.76 bits per heavy atom. The van der Waals surface area contributed by atoms with Gasteiger partial charge in [0.05, 0.1) is 5.71 Å². The molecule has 0 amide bonds. The fraction of sp³-hybridized carbons (Fsp3) is 0.500. The molecule has 1 aromatic rings. The summed E-state index contributed by atoms with van der Waals surface area (Å²) in [6.45, 7) is 5.35. The van der Waals surface area contributed by atoms with Gasteiger partial charge in [0.15, 0.2) is 5.11 Å². The smallest absolute Gasteiger partial charge is 0.192 e. The van der Waals surface area contributed by atoms with Gasteiger partial charge in [0, 0.05) is 30.5 Å². The van der Waals surface area contributed by atoms with E-state index in [1.807, 2.05) is 11.1 Å². The van der Waals surface area contributed by atoms with Crippen molar-refractivity contribution in [3.63, 3.8) is 0 Å². The van der Waals surface area contributed by atoms with Crippen LogP contribution in [-0.2, 0) is 0 Å². The first-order chi connectivity index (χ1) is 10.1. The maximum absolute atomic E-state index is 5.64. The summed E-state index contributed by atoms with van der Waals surface area (Å²) in [6.07, 6.45) is 3.42. The van der Waals surface area contributed by atoms with E-state index in [4.69, 9.17) is 17.3 Å². The van der Waals surface area contributed by atoms with Crippen molar-refractivity contribution < 1.29 is 0 Å². The summed E-state index contributed by atoms with van der Waals surface area (Å²) in [5.41, 5.74) is 2.31. The van der Waals surface area contributed by atoms with E-state index in [0.717, 1.165) is 47.3 Å².